The maximum Gasteiger partial charge on any atom is 0.184 e. The van der Waals surface area contributed by atoms with E-state index in [9.17, 15) is 0 Å². The van der Waals surface area contributed by atoms with Gasteiger partial charge in [0.1, 0.15) is 11.5 Å². The first-order chi connectivity index (χ1) is 17.5. The van der Waals surface area contributed by atoms with Crippen molar-refractivity contribution in [2.75, 3.05) is 0 Å². The van der Waals surface area contributed by atoms with Gasteiger partial charge < -0.3 is 4.74 Å². The summed E-state index contributed by atoms with van der Waals surface area (Å²) in [4.78, 5) is 0. The van der Waals surface area contributed by atoms with Crippen LogP contribution >= 0.6 is 15.9 Å². The lowest BCUT2D eigenvalue weighted by Crippen LogP contribution is -2.75. The topological polar surface area (TPSA) is 9.23 Å². The van der Waals surface area contributed by atoms with Gasteiger partial charge in [-0.15, -0.1) is 0 Å². The molecule has 5 aromatic rings. The average Bonchev–Trinajstić information content (AvgIpc) is 2.91. The predicted molar refractivity (Wildman–Crippen MR) is 156 cm³/mol. The number of para-hydroxylation sites is 2. The summed E-state index contributed by atoms with van der Waals surface area (Å²) < 4.78 is 7.95. The van der Waals surface area contributed by atoms with Crippen molar-refractivity contribution < 1.29 is 4.74 Å². The van der Waals surface area contributed by atoms with E-state index in [1.54, 1.807) is 0 Å². The molecule has 0 aliphatic carbocycles. The Labute approximate surface area is 222 Å². The highest BCUT2D eigenvalue weighted by molar-refractivity contribution is 9.10. The van der Waals surface area contributed by atoms with Gasteiger partial charge in [-0.1, -0.05) is 139 Å². The van der Waals surface area contributed by atoms with Gasteiger partial charge in [0.05, 0.1) is 0 Å². The van der Waals surface area contributed by atoms with Gasteiger partial charge >= 0.3 is 0 Å². The molecule has 0 radical (unpaired) electrons. The summed E-state index contributed by atoms with van der Waals surface area (Å²) in [5.41, 5.74) is 2.28. The fourth-order valence-corrected chi connectivity index (χ4v) is 11.3. The molecule has 0 saturated carbocycles. The maximum atomic E-state index is 6.87. The summed E-state index contributed by atoms with van der Waals surface area (Å²) in [6.45, 7) is 4.62. The van der Waals surface area contributed by atoms with Crippen LogP contribution in [-0.4, -0.2) is 8.07 Å². The zero-order chi connectivity index (χ0) is 24.8. The molecule has 0 fully saturated rings. The first-order valence-corrected chi connectivity index (χ1v) is 15.1. The lowest BCUT2D eigenvalue weighted by molar-refractivity contribution is 0.421. The molecule has 0 unspecified atom stereocenters. The lowest BCUT2D eigenvalue weighted by Gasteiger charge is -2.40. The maximum absolute atomic E-state index is 6.87. The van der Waals surface area contributed by atoms with Crippen LogP contribution in [0.2, 0.25) is 0 Å². The van der Waals surface area contributed by atoms with Crippen molar-refractivity contribution >= 4 is 44.8 Å². The molecule has 0 spiro atoms. The molecule has 1 nitrogen and oxygen atoms in total. The first-order valence-electron chi connectivity index (χ1n) is 12.3. The second kappa shape index (κ2) is 8.92. The van der Waals surface area contributed by atoms with Crippen LogP contribution in [0.1, 0.15) is 25.0 Å². The van der Waals surface area contributed by atoms with Crippen molar-refractivity contribution in [3.8, 4) is 11.5 Å². The van der Waals surface area contributed by atoms with Crippen molar-refractivity contribution in [3.63, 3.8) is 0 Å². The molecule has 1 aliphatic heterocycles. The number of rotatable bonds is 4. The van der Waals surface area contributed by atoms with E-state index in [4.69, 9.17) is 4.74 Å². The van der Waals surface area contributed by atoms with Crippen molar-refractivity contribution in [2.24, 2.45) is 0 Å². The predicted octanol–water partition coefficient (Wildman–Crippen LogP) is 6.26. The molecule has 0 atom stereocenters. The summed E-state index contributed by atoms with van der Waals surface area (Å²) in [7, 11) is -2.75. The van der Waals surface area contributed by atoms with E-state index in [-0.39, 0.29) is 5.41 Å². The number of ether oxygens (including phenoxy) is 1. The van der Waals surface area contributed by atoms with Crippen LogP contribution in [0.25, 0.3) is 0 Å². The third kappa shape index (κ3) is 3.49. The van der Waals surface area contributed by atoms with E-state index in [1.807, 2.05) is 0 Å². The van der Waals surface area contributed by atoms with Gasteiger partial charge in [0, 0.05) is 21.0 Å². The Morgan fingerprint density at radius 2 is 1.14 bits per heavy atom. The number of fused-ring (bicyclic) bond motifs is 2. The Morgan fingerprint density at radius 3 is 1.81 bits per heavy atom. The van der Waals surface area contributed by atoms with Gasteiger partial charge in [-0.2, -0.15) is 0 Å². The summed E-state index contributed by atoms with van der Waals surface area (Å²) in [5.74, 6) is 1.95. The molecule has 0 aromatic heterocycles. The highest BCUT2D eigenvalue weighted by atomic mass is 79.9. The zero-order valence-corrected chi connectivity index (χ0v) is 23.0. The van der Waals surface area contributed by atoms with Gasteiger partial charge in [0.2, 0.25) is 0 Å². The number of hydrogen-bond acceptors (Lipinski definition) is 1. The van der Waals surface area contributed by atoms with Gasteiger partial charge in [0.15, 0.2) is 8.07 Å². The third-order valence-electron chi connectivity index (χ3n) is 7.54. The van der Waals surface area contributed by atoms with Gasteiger partial charge in [-0.05, 0) is 38.9 Å². The van der Waals surface area contributed by atoms with Crippen LogP contribution in [0, 0.1) is 0 Å². The standard InChI is InChI=1S/C33H27BrOSi/c1-33(2)28-19-9-10-21-30(28)35-32-29(33)20-12-22-31(32)36(25-14-5-3-6-15-25,26-16-7-4-8-17-26)27-18-11-13-24(34)23-27/h3-23H,1-2H3. The van der Waals surface area contributed by atoms with E-state index in [2.05, 4.69) is 157 Å². The minimum Gasteiger partial charge on any atom is -0.457 e. The van der Waals surface area contributed by atoms with Crippen LogP contribution < -0.4 is 25.5 Å². The average molecular weight is 548 g/mol. The van der Waals surface area contributed by atoms with Crippen LogP contribution in [0.3, 0.4) is 0 Å². The fraction of sp³-hybridized carbons (Fsp3) is 0.0909. The summed E-state index contributed by atoms with van der Waals surface area (Å²) in [6.07, 6.45) is 0. The minimum atomic E-state index is -2.75. The number of benzene rings is 5. The molecule has 1 aliphatic rings. The molecule has 6 rings (SSSR count). The molecule has 0 bridgehead atoms. The normalized spacial score (nSPS) is 13.9. The molecule has 3 heteroatoms. The molecule has 0 N–H and O–H groups in total. The highest BCUT2D eigenvalue weighted by Gasteiger charge is 2.46. The molecule has 36 heavy (non-hydrogen) atoms. The van der Waals surface area contributed by atoms with E-state index in [1.165, 1.54) is 31.9 Å². The molecular weight excluding hydrogens is 520 g/mol. The first kappa shape index (κ1) is 23.0. The van der Waals surface area contributed by atoms with Crippen LogP contribution in [-0.2, 0) is 5.41 Å². The van der Waals surface area contributed by atoms with Gasteiger partial charge in [-0.3, -0.25) is 0 Å². The van der Waals surface area contributed by atoms with E-state index >= 15 is 0 Å². The van der Waals surface area contributed by atoms with Crippen molar-refractivity contribution in [1.82, 2.24) is 0 Å². The largest absolute Gasteiger partial charge is 0.457 e. The summed E-state index contributed by atoms with van der Waals surface area (Å²) in [6, 6.07) is 46.1. The SMILES string of the molecule is CC1(C)c2ccccc2Oc2c1cccc2[Si](c1ccccc1)(c1ccccc1)c1cccc(Br)c1. The number of halogens is 1. The Morgan fingerprint density at radius 1 is 0.583 bits per heavy atom. The Bertz CT molecular complexity index is 1500. The van der Waals surface area contributed by atoms with Gasteiger partial charge in [0.25, 0.3) is 0 Å². The quantitative estimate of drug-likeness (QED) is 0.191. The van der Waals surface area contributed by atoms with E-state index < -0.39 is 8.07 Å². The van der Waals surface area contributed by atoms with Crippen LogP contribution in [0.15, 0.2) is 132 Å². The number of hydrogen-bond donors (Lipinski definition) is 0. The van der Waals surface area contributed by atoms with Crippen LogP contribution in [0.4, 0.5) is 0 Å². The third-order valence-corrected chi connectivity index (χ3v) is 12.8. The lowest BCUT2D eigenvalue weighted by atomic mass is 9.76. The smallest absolute Gasteiger partial charge is 0.184 e. The Hall–Kier alpha value is -3.40. The van der Waals surface area contributed by atoms with Crippen LogP contribution in [0.5, 0.6) is 11.5 Å². The molecule has 0 saturated heterocycles. The molecule has 5 aromatic carbocycles. The Kier molecular flexibility index (Phi) is 5.70. The van der Waals surface area contributed by atoms with E-state index in [0.29, 0.717) is 0 Å². The summed E-state index contributed by atoms with van der Waals surface area (Å²) >= 11 is 3.78. The second-order valence-electron chi connectivity index (χ2n) is 9.90. The molecule has 0 amide bonds. The highest BCUT2D eigenvalue weighted by Crippen LogP contribution is 2.47. The minimum absolute atomic E-state index is 0.176. The second-order valence-corrected chi connectivity index (χ2v) is 14.6. The fourth-order valence-electron chi connectivity index (χ4n) is 5.83. The summed E-state index contributed by atoms with van der Waals surface area (Å²) in [5, 5.41) is 5.27. The van der Waals surface area contributed by atoms with Gasteiger partial charge in [-0.25, -0.2) is 0 Å². The Balaban J connectivity index is 1.76. The van der Waals surface area contributed by atoms with E-state index in [0.717, 1.165) is 16.0 Å². The van der Waals surface area contributed by atoms with Crippen molar-refractivity contribution in [1.29, 1.82) is 0 Å². The monoisotopic (exact) mass is 546 g/mol. The van der Waals surface area contributed by atoms with Crippen molar-refractivity contribution in [2.45, 2.75) is 19.3 Å². The zero-order valence-electron chi connectivity index (χ0n) is 20.4. The molecule has 176 valence electrons. The van der Waals surface area contributed by atoms with Crippen molar-refractivity contribution in [3.05, 3.63) is 143 Å². The molecular formula is C33H27BrOSi. The molecule has 1 heterocycles.